The predicted octanol–water partition coefficient (Wildman–Crippen LogP) is 0.289. The molecular weight excluding hydrogens is 135 g/mol. The van der Waals surface area contributed by atoms with Gasteiger partial charge in [-0.25, -0.2) is 0 Å². The first-order valence-electron chi connectivity index (χ1n) is 1.91. The molecule has 0 spiro atoms. The first-order chi connectivity index (χ1) is 4.20. The van der Waals surface area contributed by atoms with Gasteiger partial charge in [-0.2, -0.15) is 18.2 Å². The minimum Gasteiger partial charge on any atom is -0.179 e. The van der Waals surface area contributed by atoms with Crippen molar-refractivity contribution >= 4 is 0 Å². The second-order valence-corrected chi connectivity index (χ2v) is 1.16. The van der Waals surface area contributed by atoms with Crippen LogP contribution in [0.1, 0.15) is 0 Å². The normalized spacial score (nSPS) is 9.67. The van der Waals surface area contributed by atoms with E-state index in [0.29, 0.717) is 0 Å². The van der Waals surface area contributed by atoms with Gasteiger partial charge < -0.3 is 0 Å². The zero-order valence-corrected chi connectivity index (χ0v) is 3.98. The van der Waals surface area contributed by atoms with Crippen LogP contribution in [0.2, 0.25) is 0 Å². The highest BCUT2D eigenvalue weighted by Gasteiger charge is 2.05. The van der Waals surface area contributed by atoms with Gasteiger partial charge in [-0.05, 0) is 0 Å². The summed E-state index contributed by atoms with van der Waals surface area (Å²) in [5, 5.41) is 4.95. The molecule has 0 unspecified atom stereocenters. The second-order valence-electron chi connectivity index (χ2n) is 1.16. The van der Waals surface area contributed by atoms with E-state index in [9.17, 15) is 13.2 Å². The Morgan fingerprint density at radius 1 is 0.889 bits per heavy atom. The van der Waals surface area contributed by atoms with Gasteiger partial charge in [0.15, 0.2) is 0 Å². The summed E-state index contributed by atoms with van der Waals surface area (Å²) < 4.78 is 35.1. The van der Waals surface area contributed by atoms with Crippen molar-refractivity contribution < 1.29 is 13.2 Å². The SMILES string of the molecule is Fc1nnc(F)c(F)n1. The minimum atomic E-state index is -1.58. The standard InChI is InChI=1S/C3F3N3/c4-1-2(5)8-9-3(6)7-1. The molecule has 0 bridgehead atoms. The van der Waals surface area contributed by atoms with Crippen molar-refractivity contribution in [1.29, 1.82) is 0 Å². The van der Waals surface area contributed by atoms with Gasteiger partial charge in [-0.3, -0.25) is 0 Å². The van der Waals surface area contributed by atoms with Crippen molar-refractivity contribution in [2.45, 2.75) is 0 Å². The maximum atomic E-state index is 11.8. The minimum absolute atomic E-state index is 1.38. The molecule has 0 aromatic carbocycles. The molecule has 0 fully saturated rings. The number of hydrogen-bond donors (Lipinski definition) is 0. The highest BCUT2D eigenvalue weighted by molar-refractivity contribution is 4.73. The van der Waals surface area contributed by atoms with Gasteiger partial charge in [0, 0.05) is 0 Å². The maximum absolute atomic E-state index is 11.8. The molecule has 0 aliphatic rings. The lowest BCUT2D eigenvalue weighted by Crippen LogP contribution is -2.00. The summed E-state index contributed by atoms with van der Waals surface area (Å²) >= 11 is 0. The Hall–Kier alpha value is -1.20. The summed E-state index contributed by atoms with van der Waals surface area (Å²) in [5.74, 6) is -3.08. The molecule has 0 aliphatic heterocycles. The van der Waals surface area contributed by atoms with Gasteiger partial charge in [0.2, 0.25) is 0 Å². The van der Waals surface area contributed by atoms with Crippen molar-refractivity contribution in [3.63, 3.8) is 0 Å². The van der Waals surface area contributed by atoms with Crippen molar-refractivity contribution in [3.8, 4) is 0 Å². The number of nitrogens with zero attached hydrogens (tertiary/aromatic N) is 3. The fourth-order valence-electron chi connectivity index (χ4n) is 0.276. The average Bonchev–Trinajstić information content (AvgIpc) is 1.80. The first kappa shape index (κ1) is 5.93. The Bertz CT molecular complexity index is 226. The van der Waals surface area contributed by atoms with E-state index in [2.05, 4.69) is 15.2 Å². The lowest BCUT2D eigenvalue weighted by Gasteiger charge is -1.85. The maximum Gasteiger partial charge on any atom is 0.330 e. The summed E-state index contributed by atoms with van der Waals surface area (Å²) in [4.78, 5) is 2.39. The topological polar surface area (TPSA) is 38.7 Å². The summed E-state index contributed by atoms with van der Waals surface area (Å²) in [6.07, 6.45) is -1.38. The largest absolute Gasteiger partial charge is 0.330 e. The molecule has 6 heteroatoms. The molecule has 48 valence electrons. The van der Waals surface area contributed by atoms with E-state index < -0.39 is 18.0 Å². The summed E-state index contributed by atoms with van der Waals surface area (Å²) in [6, 6.07) is 0. The van der Waals surface area contributed by atoms with E-state index in [1.165, 1.54) is 0 Å². The van der Waals surface area contributed by atoms with E-state index in [-0.39, 0.29) is 0 Å². The molecule has 1 aromatic heterocycles. The molecule has 1 heterocycles. The second kappa shape index (κ2) is 1.96. The zero-order valence-electron chi connectivity index (χ0n) is 3.98. The predicted molar refractivity (Wildman–Crippen MR) is 19.7 cm³/mol. The molecule has 0 saturated carbocycles. The third-order valence-corrected chi connectivity index (χ3v) is 0.581. The summed E-state index contributed by atoms with van der Waals surface area (Å²) in [5.41, 5.74) is 0. The molecule has 0 radical (unpaired) electrons. The average molecular weight is 135 g/mol. The molecule has 0 saturated heterocycles. The van der Waals surface area contributed by atoms with Crippen molar-refractivity contribution in [2.24, 2.45) is 0 Å². The van der Waals surface area contributed by atoms with Gasteiger partial charge in [-0.1, -0.05) is 5.10 Å². The fraction of sp³-hybridized carbons (Fsp3) is 0. The van der Waals surface area contributed by atoms with Gasteiger partial charge >= 0.3 is 6.08 Å². The first-order valence-corrected chi connectivity index (χ1v) is 1.91. The van der Waals surface area contributed by atoms with Crippen LogP contribution in [-0.2, 0) is 0 Å². The smallest absolute Gasteiger partial charge is 0.179 e. The molecule has 0 amide bonds. The zero-order chi connectivity index (χ0) is 6.85. The van der Waals surface area contributed by atoms with Crippen molar-refractivity contribution in [3.05, 3.63) is 18.0 Å². The van der Waals surface area contributed by atoms with Crippen LogP contribution in [0.3, 0.4) is 0 Å². The third kappa shape index (κ3) is 1.13. The quantitative estimate of drug-likeness (QED) is 0.513. The summed E-state index contributed by atoms with van der Waals surface area (Å²) in [6.45, 7) is 0. The monoisotopic (exact) mass is 135 g/mol. The van der Waals surface area contributed by atoms with E-state index >= 15 is 0 Å². The van der Waals surface area contributed by atoms with Gasteiger partial charge in [-0.15, -0.1) is 5.10 Å². The Kier molecular flexibility index (Phi) is 1.29. The van der Waals surface area contributed by atoms with Crippen LogP contribution >= 0.6 is 0 Å². The van der Waals surface area contributed by atoms with Gasteiger partial charge in [0.25, 0.3) is 11.9 Å². The Morgan fingerprint density at radius 2 is 1.56 bits per heavy atom. The fourth-order valence-corrected chi connectivity index (χ4v) is 0.276. The van der Waals surface area contributed by atoms with E-state index in [1.54, 1.807) is 0 Å². The summed E-state index contributed by atoms with van der Waals surface area (Å²) in [7, 11) is 0. The molecule has 9 heavy (non-hydrogen) atoms. The van der Waals surface area contributed by atoms with Crippen LogP contribution < -0.4 is 0 Å². The van der Waals surface area contributed by atoms with Crippen molar-refractivity contribution in [2.75, 3.05) is 0 Å². The molecular formula is C3F3N3. The van der Waals surface area contributed by atoms with Gasteiger partial charge in [0.05, 0.1) is 0 Å². The lowest BCUT2D eigenvalue weighted by atomic mass is 10.8. The van der Waals surface area contributed by atoms with Crippen LogP contribution in [0.15, 0.2) is 0 Å². The van der Waals surface area contributed by atoms with Crippen LogP contribution in [0, 0.1) is 18.0 Å². The lowest BCUT2D eigenvalue weighted by molar-refractivity contribution is 0.388. The molecule has 1 aromatic rings. The number of aromatic nitrogens is 3. The van der Waals surface area contributed by atoms with Gasteiger partial charge in [0.1, 0.15) is 0 Å². The molecule has 3 nitrogen and oxygen atoms in total. The van der Waals surface area contributed by atoms with Crippen LogP contribution in [-0.4, -0.2) is 15.2 Å². The van der Waals surface area contributed by atoms with Crippen molar-refractivity contribution in [1.82, 2.24) is 15.2 Å². The highest BCUT2D eigenvalue weighted by Crippen LogP contribution is 1.94. The Labute approximate surface area is 47.6 Å². The number of hydrogen-bond acceptors (Lipinski definition) is 3. The molecule has 0 aliphatic carbocycles. The molecule has 0 N–H and O–H groups in total. The Morgan fingerprint density at radius 3 is 2.00 bits per heavy atom. The van der Waals surface area contributed by atoms with Crippen LogP contribution in [0.5, 0.6) is 0 Å². The number of halogens is 3. The van der Waals surface area contributed by atoms with E-state index in [0.717, 1.165) is 0 Å². The Balaban J connectivity index is 3.17. The van der Waals surface area contributed by atoms with Crippen LogP contribution in [0.25, 0.3) is 0 Å². The molecule has 1 rings (SSSR count). The van der Waals surface area contributed by atoms with Crippen LogP contribution in [0.4, 0.5) is 13.2 Å². The van der Waals surface area contributed by atoms with E-state index in [4.69, 9.17) is 0 Å². The number of rotatable bonds is 0. The third-order valence-electron chi connectivity index (χ3n) is 0.581. The van der Waals surface area contributed by atoms with E-state index in [1.807, 2.05) is 0 Å². The highest BCUT2D eigenvalue weighted by atomic mass is 19.2. The molecule has 0 atom stereocenters.